The number of allylic oxidation sites excluding steroid dienone is 3. The number of hydrogen-bond acceptors (Lipinski definition) is 4. The third-order valence-corrected chi connectivity index (χ3v) is 6.28. The van der Waals surface area contributed by atoms with Crippen molar-refractivity contribution in [1.29, 1.82) is 0 Å². The van der Waals surface area contributed by atoms with Crippen LogP contribution in [0.15, 0.2) is 63.3 Å². The standard InChI is InChI=1S/C20H12Br2O5/c21-16-13(23)7-5-11-15(9-3-1-2-4-10(9)20(25)26)12-6-8-14(24)17(22)19(12)27-18(11)16/h1-8,11,15,24H,(H,25,26)/t11-,15+/m1/s1. The van der Waals surface area contributed by atoms with E-state index in [1.165, 1.54) is 12.1 Å². The lowest BCUT2D eigenvalue weighted by molar-refractivity contribution is -0.111. The van der Waals surface area contributed by atoms with Gasteiger partial charge in [-0.2, -0.15) is 0 Å². The van der Waals surface area contributed by atoms with Gasteiger partial charge < -0.3 is 14.9 Å². The van der Waals surface area contributed by atoms with E-state index in [-0.39, 0.29) is 27.5 Å². The number of hydrogen-bond donors (Lipinski definition) is 2. The van der Waals surface area contributed by atoms with E-state index in [9.17, 15) is 19.8 Å². The third kappa shape index (κ3) is 2.82. The molecule has 0 spiro atoms. The summed E-state index contributed by atoms with van der Waals surface area (Å²) in [5.74, 6) is -1.26. The molecule has 1 aliphatic heterocycles. The minimum Gasteiger partial charge on any atom is -0.507 e. The Bertz CT molecular complexity index is 1050. The minimum atomic E-state index is -1.03. The molecule has 0 amide bonds. The first-order valence-electron chi connectivity index (χ1n) is 8.03. The van der Waals surface area contributed by atoms with Gasteiger partial charge in [0.15, 0.2) is 5.78 Å². The fourth-order valence-corrected chi connectivity index (χ4v) is 4.45. The molecule has 2 aromatic carbocycles. The quantitative estimate of drug-likeness (QED) is 0.633. The highest BCUT2D eigenvalue weighted by molar-refractivity contribution is 9.12. The van der Waals surface area contributed by atoms with Gasteiger partial charge in [-0.3, -0.25) is 4.79 Å². The van der Waals surface area contributed by atoms with Gasteiger partial charge in [0, 0.05) is 17.4 Å². The Hall–Kier alpha value is -2.38. The Kier molecular flexibility index (Phi) is 4.44. The Labute approximate surface area is 171 Å². The van der Waals surface area contributed by atoms with E-state index in [0.29, 0.717) is 21.5 Å². The smallest absolute Gasteiger partial charge is 0.335 e. The number of halogens is 2. The van der Waals surface area contributed by atoms with Crippen LogP contribution in [0.4, 0.5) is 0 Å². The molecule has 2 N–H and O–H groups in total. The molecule has 5 nitrogen and oxygen atoms in total. The molecular formula is C20H12Br2O5. The van der Waals surface area contributed by atoms with Gasteiger partial charge in [0.2, 0.25) is 0 Å². The van der Waals surface area contributed by atoms with Crippen molar-refractivity contribution < 1.29 is 24.5 Å². The largest absolute Gasteiger partial charge is 0.507 e. The van der Waals surface area contributed by atoms with E-state index in [4.69, 9.17) is 4.74 Å². The number of benzene rings is 2. The average Bonchev–Trinajstić information content (AvgIpc) is 2.66. The first kappa shape index (κ1) is 18.0. The number of ketones is 1. The molecule has 2 atom stereocenters. The summed E-state index contributed by atoms with van der Waals surface area (Å²) in [6.07, 6.45) is 3.19. The fourth-order valence-electron chi connectivity index (χ4n) is 3.53. The molecule has 27 heavy (non-hydrogen) atoms. The molecule has 0 aromatic heterocycles. The lowest BCUT2D eigenvalue weighted by Gasteiger charge is -2.37. The molecule has 2 aliphatic rings. The van der Waals surface area contributed by atoms with Gasteiger partial charge in [-0.05, 0) is 55.6 Å². The zero-order valence-corrected chi connectivity index (χ0v) is 16.8. The molecule has 0 saturated carbocycles. The summed E-state index contributed by atoms with van der Waals surface area (Å²) in [4.78, 5) is 23.9. The molecule has 1 heterocycles. The number of aromatic hydroxyl groups is 1. The summed E-state index contributed by atoms with van der Waals surface area (Å²) in [7, 11) is 0. The van der Waals surface area contributed by atoms with Crippen molar-refractivity contribution in [2.24, 2.45) is 5.92 Å². The first-order chi connectivity index (χ1) is 12.9. The van der Waals surface area contributed by atoms with Gasteiger partial charge in [-0.25, -0.2) is 4.79 Å². The summed E-state index contributed by atoms with van der Waals surface area (Å²) < 4.78 is 6.63. The molecule has 0 unspecified atom stereocenters. The van der Waals surface area contributed by atoms with Crippen LogP contribution in [0.5, 0.6) is 11.5 Å². The summed E-state index contributed by atoms with van der Waals surface area (Å²) >= 11 is 6.63. The molecule has 0 fully saturated rings. The highest BCUT2D eigenvalue weighted by Crippen LogP contribution is 2.53. The Morgan fingerprint density at radius 3 is 2.56 bits per heavy atom. The minimum absolute atomic E-state index is 0.00753. The SMILES string of the molecule is O=C1C=C[C@H]2C(=C1Br)Oc1c(ccc(O)c1Br)[C@H]2c1ccccc1C(=O)O. The summed E-state index contributed by atoms with van der Waals surface area (Å²) in [5, 5.41) is 19.7. The molecule has 0 radical (unpaired) electrons. The van der Waals surface area contributed by atoms with Gasteiger partial charge in [-0.1, -0.05) is 30.3 Å². The van der Waals surface area contributed by atoms with E-state index in [2.05, 4.69) is 31.9 Å². The zero-order valence-electron chi connectivity index (χ0n) is 13.6. The maximum Gasteiger partial charge on any atom is 0.335 e. The summed E-state index contributed by atoms with van der Waals surface area (Å²) in [6, 6.07) is 10.0. The van der Waals surface area contributed by atoms with Crippen LogP contribution in [0.2, 0.25) is 0 Å². The molecule has 4 rings (SSSR count). The normalized spacial score (nSPS) is 20.7. The number of phenols is 1. The van der Waals surface area contributed by atoms with E-state index in [1.54, 1.807) is 36.4 Å². The van der Waals surface area contributed by atoms with Crippen LogP contribution in [0.1, 0.15) is 27.4 Å². The second kappa shape index (κ2) is 6.65. The predicted octanol–water partition coefficient (Wildman–Crippen LogP) is 4.74. The van der Waals surface area contributed by atoms with Crippen LogP contribution in [0, 0.1) is 5.92 Å². The van der Waals surface area contributed by atoms with E-state index >= 15 is 0 Å². The van der Waals surface area contributed by atoms with Crippen molar-refractivity contribution in [3.63, 3.8) is 0 Å². The third-order valence-electron chi connectivity index (χ3n) is 4.73. The van der Waals surface area contributed by atoms with Crippen LogP contribution in [0.25, 0.3) is 0 Å². The molecular weight excluding hydrogens is 480 g/mol. The maximum atomic E-state index is 12.1. The maximum absolute atomic E-state index is 12.1. The van der Waals surface area contributed by atoms with E-state index < -0.39 is 11.9 Å². The zero-order chi connectivity index (χ0) is 19.3. The van der Waals surface area contributed by atoms with Crippen LogP contribution in [0.3, 0.4) is 0 Å². The number of ether oxygens (including phenoxy) is 1. The second-order valence-electron chi connectivity index (χ2n) is 6.22. The van der Waals surface area contributed by atoms with Crippen molar-refractivity contribution in [3.8, 4) is 11.5 Å². The van der Waals surface area contributed by atoms with Crippen molar-refractivity contribution in [1.82, 2.24) is 0 Å². The van der Waals surface area contributed by atoms with Crippen molar-refractivity contribution in [2.75, 3.05) is 0 Å². The first-order valence-corrected chi connectivity index (χ1v) is 9.62. The number of carbonyl (C=O) groups is 2. The monoisotopic (exact) mass is 490 g/mol. The van der Waals surface area contributed by atoms with Gasteiger partial charge >= 0.3 is 5.97 Å². The Balaban J connectivity index is 2.03. The van der Waals surface area contributed by atoms with E-state index in [1.807, 2.05) is 0 Å². The average molecular weight is 492 g/mol. The number of carbonyl (C=O) groups excluding carboxylic acids is 1. The van der Waals surface area contributed by atoms with Gasteiger partial charge in [0.25, 0.3) is 0 Å². The molecule has 7 heteroatoms. The second-order valence-corrected chi connectivity index (χ2v) is 7.80. The van der Waals surface area contributed by atoms with Gasteiger partial charge in [-0.15, -0.1) is 0 Å². The highest BCUT2D eigenvalue weighted by Gasteiger charge is 2.41. The molecule has 0 saturated heterocycles. The van der Waals surface area contributed by atoms with Gasteiger partial charge in [0.1, 0.15) is 26.2 Å². The fraction of sp³-hybridized carbons (Fsp3) is 0.100. The van der Waals surface area contributed by atoms with Crippen LogP contribution < -0.4 is 4.74 Å². The number of rotatable bonds is 2. The summed E-state index contributed by atoms with van der Waals surface area (Å²) in [6.45, 7) is 0. The molecule has 2 aromatic rings. The van der Waals surface area contributed by atoms with Crippen LogP contribution in [-0.2, 0) is 4.79 Å². The van der Waals surface area contributed by atoms with Crippen LogP contribution in [-0.4, -0.2) is 22.0 Å². The highest BCUT2D eigenvalue weighted by atomic mass is 79.9. The van der Waals surface area contributed by atoms with Crippen molar-refractivity contribution >= 4 is 43.6 Å². The molecule has 0 bridgehead atoms. The topological polar surface area (TPSA) is 83.8 Å². The molecule has 136 valence electrons. The van der Waals surface area contributed by atoms with E-state index in [0.717, 1.165) is 5.56 Å². The lowest BCUT2D eigenvalue weighted by Crippen LogP contribution is -2.29. The molecule has 1 aliphatic carbocycles. The lowest BCUT2D eigenvalue weighted by atomic mass is 9.74. The Morgan fingerprint density at radius 2 is 1.81 bits per heavy atom. The number of carboxylic acid groups (broad SMARTS) is 1. The Morgan fingerprint density at radius 1 is 1.07 bits per heavy atom. The van der Waals surface area contributed by atoms with Crippen molar-refractivity contribution in [3.05, 3.63) is 80.0 Å². The number of aromatic carboxylic acids is 1. The predicted molar refractivity (Wildman–Crippen MR) is 105 cm³/mol. The van der Waals surface area contributed by atoms with Crippen LogP contribution >= 0.6 is 31.9 Å². The number of phenolic OH excluding ortho intramolecular Hbond substituents is 1. The van der Waals surface area contributed by atoms with Gasteiger partial charge in [0.05, 0.1) is 5.56 Å². The number of carboxylic acids is 1. The number of fused-ring (bicyclic) bond motifs is 2. The van der Waals surface area contributed by atoms with Crippen molar-refractivity contribution in [2.45, 2.75) is 5.92 Å². The summed E-state index contributed by atoms with van der Waals surface area (Å²) in [5.41, 5.74) is 1.51.